The topological polar surface area (TPSA) is 117 Å². The van der Waals surface area contributed by atoms with E-state index in [2.05, 4.69) is 0 Å². The molecule has 0 aromatic heterocycles. The number of aromatic hydroxyl groups is 1. The van der Waals surface area contributed by atoms with Crippen LogP contribution in [0.15, 0.2) is 41.0 Å². The number of thioether (sulfide) groups is 1. The molecule has 0 saturated heterocycles. The number of phenols is 1. The van der Waals surface area contributed by atoms with E-state index in [0.29, 0.717) is 22.9 Å². The van der Waals surface area contributed by atoms with Gasteiger partial charge in [0.2, 0.25) is 0 Å². The van der Waals surface area contributed by atoms with Gasteiger partial charge in [-0.2, -0.15) is 5.26 Å². The molecule has 8 nitrogen and oxygen atoms in total. The Morgan fingerprint density at radius 1 is 1.34 bits per heavy atom. The number of carbonyl (C=O) groups is 3. The molecule has 168 valence electrons. The molecule has 2 atom stereocenters. The third-order valence-corrected chi connectivity index (χ3v) is 6.08. The smallest absolute Gasteiger partial charge is 0.344 e. The molecule has 2 unspecified atom stereocenters. The number of carbonyl (C=O) groups excluding carboxylic acids is 3. The molecule has 0 radical (unpaired) electrons. The molecule has 1 aliphatic heterocycles. The van der Waals surface area contributed by atoms with Gasteiger partial charge in [0.05, 0.1) is 35.6 Å². The molecular weight excluding hydrogens is 432 g/mol. The number of ketones is 2. The van der Waals surface area contributed by atoms with Gasteiger partial charge in [-0.3, -0.25) is 9.59 Å². The highest BCUT2D eigenvalue weighted by atomic mass is 32.2. The fraction of sp³-hybridized carbons (Fsp3) is 0.391. The van der Waals surface area contributed by atoms with Gasteiger partial charge in [0.15, 0.2) is 18.2 Å². The van der Waals surface area contributed by atoms with E-state index < -0.39 is 17.8 Å². The van der Waals surface area contributed by atoms with Gasteiger partial charge in [-0.25, -0.2) is 4.79 Å². The highest BCUT2D eigenvalue weighted by Crippen LogP contribution is 2.40. The standard InChI is InChI=1S/C23H24N2O6S/c1-3-30-20(27)13-31-19-8-7-16(22(29)23(19)32-4-2)18(26)12-25-10-15-6-5-14(9-24)21(28)17(15)11-25/h5-8,10,14,17,29H,3-4,11-13H2,1-2H3. The lowest BCUT2D eigenvalue weighted by Gasteiger charge is -2.20. The van der Waals surface area contributed by atoms with Gasteiger partial charge in [0.25, 0.3) is 0 Å². The fourth-order valence-corrected chi connectivity index (χ4v) is 4.43. The second-order valence-corrected chi connectivity index (χ2v) is 8.49. The zero-order valence-corrected chi connectivity index (χ0v) is 18.7. The second kappa shape index (κ2) is 10.4. The lowest BCUT2D eigenvalue weighted by molar-refractivity contribution is -0.145. The summed E-state index contributed by atoms with van der Waals surface area (Å²) in [6.45, 7) is 3.83. The van der Waals surface area contributed by atoms with Crippen LogP contribution in [0.3, 0.4) is 0 Å². The van der Waals surface area contributed by atoms with E-state index in [1.54, 1.807) is 36.2 Å². The van der Waals surface area contributed by atoms with Crippen molar-refractivity contribution in [1.82, 2.24) is 4.90 Å². The minimum absolute atomic E-state index is 0.0227. The maximum absolute atomic E-state index is 12.9. The van der Waals surface area contributed by atoms with Crippen LogP contribution in [0.5, 0.6) is 11.5 Å². The Bertz CT molecular complexity index is 1030. The predicted octanol–water partition coefficient (Wildman–Crippen LogP) is 2.72. The molecule has 1 aliphatic carbocycles. The third kappa shape index (κ3) is 4.97. The number of nitrogens with zero attached hydrogens (tertiary/aromatic N) is 2. The van der Waals surface area contributed by atoms with Crippen molar-refractivity contribution in [2.24, 2.45) is 11.8 Å². The van der Waals surface area contributed by atoms with E-state index in [-0.39, 0.29) is 42.6 Å². The van der Waals surface area contributed by atoms with Crippen LogP contribution in [-0.4, -0.2) is 59.6 Å². The van der Waals surface area contributed by atoms with Gasteiger partial charge in [0.1, 0.15) is 17.4 Å². The summed E-state index contributed by atoms with van der Waals surface area (Å²) in [6, 6.07) is 4.99. The largest absolute Gasteiger partial charge is 0.506 e. The minimum atomic E-state index is -0.757. The van der Waals surface area contributed by atoms with Crippen molar-refractivity contribution >= 4 is 29.3 Å². The number of benzene rings is 1. The molecule has 0 saturated carbocycles. The Balaban J connectivity index is 1.73. The van der Waals surface area contributed by atoms with E-state index in [0.717, 1.165) is 5.57 Å². The van der Waals surface area contributed by atoms with Crippen LogP contribution >= 0.6 is 11.8 Å². The molecule has 1 N–H and O–H groups in total. The van der Waals surface area contributed by atoms with Crippen molar-refractivity contribution < 1.29 is 29.0 Å². The number of Topliss-reactive ketones (excluding diaryl/α,β-unsaturated/α-hetero) is 2. The first-order valence-corrected chi connectivity index (χ1v) is 11.3. The average Bonchev–Trinajstić information content (AvgIpc) is 3.18. The highest BCUT2D eigenvalue weighted by molar-refractivity contribution is 7.99. The van der Waals surface area contributed by atoms with Crippen LogP contribution in [0.25, 0.3) is 0 Å². The molecule has 3 rings (SSSR count). The SMILES string of the molecule is CCOC(=O)COc1ccc(C(=O)CN2C=C3C=CC(C#N)C(=O)C3C2)c(O)c1SCC. The molecule has 9 heteroatoms. The van der Waals surface area contributed by atoms with Crippen LogP contribution in [0, 0.1) is 23.2 Å². The van der Waals surface area contributed by atoms with E-state index in [9.17, 15) is 19.5 Å². The lowest BCUT2D eigenvalue weighted by atomic mass is 9.84. The molecule has 1 aromatic rings. The number of phenolic OH excluding ortho intramolecular Hbond substituents is 1. The Hall–Kier alpha value is -3.25. The zero-order chi connectivity index (χ0) is 23.3. The van der Waals surface area contributed by atoms with Crippen molar-refractivity contribution in [2.75, 3.05) is 32.1 Å². The number of fused-ring (bicyclic) bond motifs is 1. The summed E-state index contributed by atoms with van der Waals surface area (Å²) >= 11 is 1.30. The molecule has 0 spiro atoms. The van der Waals surface area contributed by atoms with E-state index in [4.69, 9.17) is 14.7 Å². The number of esters is 1. The molecule has 2 aliphatic rings. The van der Waals surface area contributed by atoms with Crippen molar-refractivity contribution in [2.45, 2.75) is 18.7 Å². The summed E-state index contributed by atoms with van der Waals surface area (Å²) in [6.07, 6.45) is 5.08. The van der Waals surface area contributed by atoms with Crippen LogP contribution in [0.4, 0.5) is 0 Å². The average molecular weight is 457 g/mol. The molecule has 1 aromatic carbocycles. The maximum Gasteiger partial charge on any atom is 0.344 e. The fourth-order valence-electron chi connectivity index (χ4n) is 3.63. The number of allylic oxidation sites excluding steroid dienone is 2. The number of nitriles is 1. The maximum atomic E-state index is 12.9. The van der Waals surface area contributed by atoms with Gasteiger partial charge in [-0.15, -0.1) is 11.8 Å². The quantitative estimate of drug-likeness (QED) is 0.340. The van der Waals surface area contributed by atoms with E-state index in [1.165, 1.54) is 17.8 Å². The van der Waals surface area contributed by atoms with Crippen LogP contribution in [0.2, 0.25) is 0 Å². The summed E-state index contributed by atoms with van der Waals surface area (Å²) in [7, 11) is 0. The molecule has 0 fully saturated rings. The number of hydrogen-bond acceptors (Lipinski definition) is 9. The summed E-state index contributed by atoms with van der Waals surface area (Å²) in [4.78, 5) is 39.0. The van der Waals surface area contributed by atoms with Gasteiger partial charge in [0, 0.05) is 12.7 Å². The Morgan fingerprint density at radius 2 is 2.12 bits per heavy atom. The summed E-state index contributed by atoms with van der Waals surface area (Å²) in [5.41, 5.74) is 0.915. The summed E-state index contributed by atoms with van der Waals surface area (Å²) < 4.78 is 10.3. The highest BCUT2D eigenvalue weighted by Gasteiger charge is 2.36. The lowest BCUT2D eigenvalue weighted by Crippen LogP contribution is -2.31. The van der Waals surface area contributed by atoms with E-state index in [1.807, 2.05) is 13.0 Å². The first-order chi connectivity index (χ1) is 15.4. The number of hydrogen-bond donors (Lipinski definition) is 1. The van der Waals surface area contributed by atoms with Gasteiger partial charge in [-0.05, 0) is 30.4 Å². The van der Waals surface area contributed by atoms with Crippen LogP contribution in [-0.2, 0) is 14.3 Å². The summed E-state index contributed by atoms with van der Waals surface area (Å²) in [5, 5.41) is 19.8. The first-order valence-electron chi connectivity index (χ1n) is 10.3. The molecule has 0 amide bonds. The van der Waals surface area contributed by atoms with Crippen LogP contribution in [0.1, 0.15) is 24.2 Å². The molecule has 32 heavy (non-hydrogen) atoms. The van der Waals surface area contributed by atoms with Crippen LogP contribution < -0.4 is 4.74 Å². The van der Waals surface area contributed by atoms with Crippen molar-refractivity contribution in [1.29, 1.82) is 5.26 Å². The molecular formula is C23H24N2O6S. The van der Waals surface area contributed by atoms with Crippen molar-refractivity contribution in [3.05, 3.63) is 41.6 Å². The van der Waals surface area contributed by atoms with Gasteiger partial charge in [-0.1, -0.05) is 19.1 Å². The predicted molar refractivity (Wildman–Crippen MR) is 117 cm³/mol. The van der Waals surface area contributed by atoms with Crippen molar-refractivity contribution in [3.8, 4) is 17.6 Å². The number of ether oxygens (including phenoxy) is 2. The Morgan fingerprint density at radius 3 is 2.81 bits per heavy atom. The Labute approximate surface area is 190 Å². The van der Waals surface area contributed by atoms with Gasteiger partial charge < -0.3 is 19.5 Å². The molecule has 1 heterocycles. The molecule has 0 bridgehead atoms. The monoisotopic (exact) mass is 456 g/mol. The number of rotatable bonds is 9. The van der Waals surface area contributed by atoms with E-state index >= 15 is 0 Å². The first kappa shape index (κ1) is 23.4. The van der Waals surface area contributed by atoms with Gasteiger partial charge >= 0.3 is 5.97 Å². The normalized spacial score (nSPS) is 19.2. The summed E-state index contributed by atoms with van der Waals surface area (Å²) in [5.74, 6) is -1.46. The minimum Gasteiger partial charge on any atom is -0.506 e. The zero-order valence-electron chi connectivity index (χ0n) is 17.9. The second-order valence-electron chi connectivity index (χ2n) is 7.22. The Kier molecular flexibility index (Phi) is 7.59. The van der Waals surface area contributed by atoms with Crippen molar-refractivity contribution in [3.63, 3.8) is 0 Å². The third-order valence-electron chi connectivity index (χ3n) is 5.10.